The molecule has 0 radical (unpaired) electrons. The minimum atomic E-state index is -5.24. The molecule has 0 saturated carbocycles. The number of hydrogen-bond donors (Lipinski definition) is 2. The normalized spacial score (nSPS) is 13.2. The number of para-hydroxylation sites is 1. The molecule has 7 nitrogen and oxygen atoms in total. The number of amides is 1. The van der Waals surface area contributed by atoms with Crippen LogP contribution >= 0.6 is 0 Å². The van der Waals surface area contributed by atoms with E-state index in [2.05, 4.69) is 9.72 Å². The average Bonchev–Trinajstić information content (AvgIpc) is 2.66. The summed E-state index contributed by atoms with van der Waals surface area (Å²) in [7, 11) is 0.773. The van der Waals surface area contributed by atoms with E-state index in [1.165, 1.54) is 36.5 Å². The Bertz CT molecular complexity index is 772. The van der Waals surface area contributed by atoms with Crippen molar-refractivity contribution in [3.63, 3.8) is 0 Å². The van der Waals surface area contributed by atoms with Crippen LogP contribution < -0.4 is 15.4 Å². The summed E-state index contributed by atoms with van der Waals surface area (Å²) in [6, 6.07) is 12.1. The number of aromatic nitrogens is 1. The standard InChI is InChI=1S/C17H16F3N3O4/c1-26-15(25)16(17(18,19)20,22-13-9-5-6-10-21-13)23-14(24)11-27-12-7-3-2-4-8-12/h2-10H,11H2,1H3,(H,21,22)(H,23,24). The number of carbonyl (C=O) groups excluding carboxylic acids is 2. The maximum atomic E-state index is 13.8. The molecular formula is C17H16F3N3O4. The molecule has 0 saturated heterocycles. The molecule has 0 aliphatic carbocycles. The summed E-state index contributed by atoms with van der Waals surface area (Å²) in [6.45, 7) is -0.747. The summed E-state index contributed by atoms with van der Waals surface area (Å²) in [6.07, 6.45) is -4.01. The lowest BCUT2D eigenvalue weighted by molar-refractivity contribution is -0.206. The van der Waals surface area contributed by atoms with Crippen molar-refractivity contribution in [1.29, 1.82) is 0 Å². The molecule has 0 aliphatic heterocycles. The van der Waals surface area contributed by atoms with E-state index in [1.807, 2.05) is 5.32 Å². The molecule has 2 aromatic rings. The van der Waals surface area contributed by atoms with Gasteiger partial charge in [-0.15, -0.1) is 0 Å². The largest absolute Gasteiger partial charge is 0.484 e. The van der Waals surface area contributed by atoms with Crippen molar-refractivity contribution in [2.45, 2.75) is 11.8 Å². The number of nitrogens with zero attached hydrogens (tertiary/aromatic N) is 1. The molecule has 1 unspecified atom stereocenters. The van der Waals surface area contributed by atoms with Crippen LogP contribution in [0.3, 0.4) is 0 Å². The number of anilines is 1. The number of esters is 1. The minimum Gasteiger partial charge on any atom is -0.484 e. The molecule has 0 spiro atoms. The van der Waals surface area contributed by atoms with Crippen molar-refractivity contribution in [3.8, 4) is 5.75 Å². The molecule has 144 valence electrons. The summed E-state index contributed by atoms with van der Waals surface area (Å²) >= 11 is 0. The Kier molecular flexibility index (Phi) is 6.22. The van der Waals surface area contributed by atoms with Gasteiger partial charge in [-0.2, -0.15) is 13.2 Å². The van der Waals surface area contributed by atoms with Gasteiger partial charge in [0.2, 0.25) is 0 Å². The highest BCUT2D eigenvalue weighted by molar-refractivity contribution is 5.91. The van der Waals surface area contributed by atoms with Crippen LogP contribution in [0.2, 0.25) is 0 Å². The van der Waals surface area contributed by atoms with Crippen molar-refractivity contribution in [2.75, 3.05) is 19.0 Å². The lowest BCUT2D eigenvalue weighted by Crippen LogP contribution is -2.69. The van der Waals surface area contributed by atoms with Gasteiger partial charge >= 0.3 is 17.8 Å². The van der Waals surface area contributed by atoms with Crippen LogP contribution in [0.5, 0.6) is 5.75 Å². The first kappa shape index (κ1) is 20.0. The van der Waals surface area contributed by atoms with Gasteiger partial charge < -0.3 is 20.1 Å². The highest BCUT2D eigenvalue weighted by Crippen LogP contribution is 2.32. The minimum absolute atomic E-state index is 0.279. The number of rotatable bonds is 7. The summed E-state index contributed by atoms with van der Waals surface area (Å²) in [5, 5.41) is 3.54. The summed E-state index contributed by atoms with van der Waals surface area (Å²) in [5.41, 5.74) is -3.53. The fourth-order valence-corrected chi connectivity index (χ4v) is 2.08. The summed E-state index contributed by atoms with van der Waals surface area (Å²) in [4.78, 5) is 27.8. The van der Waals surface area contributed by atoms with Gasteiger partial charge in [0.15, 0.2) is 6.61 Å². The first-order valence-electron chi connectivity index (χ1n) is 7.62. The van der Waals surface area contributed by atoms with Crippen LogP contribution in [0.25, 0.3) is 0 Å². The Balaban J connectivity index is 2.25. The lowest BCUT2D eigenvalue weighted by Gasteiger charge is -2.34. The highest BCUT2D eigenvalue weighted by atomic mass is 19.4. The zero-order valence-corrected chi connectivity index (χ0v) is 14.1. The zero-order valence-electron chi connectivity index (χ0n) is 14.1. The van der Waals surface area contributed by atoms with Gasteiger partial charge in [0.25, 0.3) is 5.91 Å². The van der Waals surface area contributed by atoms with Gasteiger partial charge in [-0.1, -0.05) is 24.3 Å². The van der Waals surface area contributed by atoms with Crippen molar-refractivity contribution < 1.29 is 32.2 Å². The van der Waals surface area contributed by atoms with E-state index in [9.17, 15) is 22.8 Å². The van der Waals surface area contributed by atoms with Gasteiger partial charge in [0, 0.05) is 6.20 Å². The molecule has 27 heavy (non-hydrogen) atoms. The first-order valence-corrected chi connectivity index (χ1v) is 7.62. The number of benzene rings is 1. The Labute approximate surface area is 152 Å². The SMILES string of the molecule is COC(=O)C(NC(=O)COc1ccccc1)(Nc1ccccn1)C(F)(F)F. The Morgan fingerprint density at radius 2 is 1.74 bits per heavy atom. The smallest absolute Gasteiger partial charge is 0.441 e. The second-order valence-corrected chi connectivity index (χ2v) is 5.23. The van der Waals surface area contributed by atoms with Crippen molar-refractivity contribution in [2.24, 2.45) is 0 Å². The van der Waals surface area contributed by atoms with Crippen LogP contribution in [-0.4, -0.2) is 42.4 Å². The van der Waals surface area contributed by atoms with Crippen LogP contribution in [0.15, 0.2) is 54.7 Å². The third-order valence-corrected chi connectivity index (χ3v) is 3.34. The zero-order chi connectivity index (χ0) is 19.9. The third kappa shape index (κ3) is 4.87. The predicted octanol–water partition coefficient (Wildman–Crippen LogP) is 2.12. The predicted molar refractivity (Wildman–Crippen MR) is 88.7 cm³/mol. The second-order valence-electron chi connectivity index (χ2n) is 5.23. The number of carbonyl (C=O) groups is 2. The maximum Gasteiger partial charge on any atom is 0.441 e. The van der Waals surface area contributed by atoms with E-state index in [0.29, 0.717) is 0 Å². The summed E-state index contributed by atoms with van der Waals surface area (Å²) in [5.74, 6) is -2.95. The fraction of sp³-hybridized carbons (Fsp3) is 0.235. The molecule has 2 rings (SSSR count). The average molecular weight is 383 g/mol. The molecule has 0 bridgehead atoms. The monoisotopic (exact) mass is 383 g/mol. The molecule has 1 heterocycles. The van der Waals surface area contributed by atoms with Crippen molar-refractivity contribution in [1.82, 2.24) is 10.3 Å². The number of ether oxygens (including phenoxy) is 2. The molecule has 0 aliphatic rings. The quantitative estimate of drug-likeness (QED) is 0.562. The van der Waals surface area contributed by atoms with Gasteiger partial charge in [0.05, 0.1) is 7.11 Å². The number of nitrogens with one attached hydrogen (secondary N) is 2. The van der Waals surface area contributed by atoms with Gasteiger partial charge in [-0.25, -0.2) is 9.78 Å². The number of methoxy groups -OCH3 is 1. The van der Waals surface area contributed by atoms with E-state index in [-0.39, 0.29) is 11.6 Å². The van der Waals surface area contributed by atoms with E-state index in [1.54, 1.807) is 23.5 Å². The van der Waals surface area contributed by atoms with Crippen LogP contribution in [-0.2, 0) is 14.3 Å². The Morgan fingerprint density at radius 3 is 2.30 bits per heavy atom. The molecule has 0 fully saturated rings. The molecule has 2 N–H and O–H groups in total. The topological polar surface area (TPSA) is 89.5 Å². The number of pyridine rings is 1. The van der Waals surface area contributed by atoms with E-state index in [4.69, 9.17) is 4.74 Å². The molecule has 1 aromatic heterocycles. The van der Waals surface area contributed by atoms with Crippen LogP contribution in [0, 0.1) is 0 Å². The fourth-order valence-electron chi connectivity index (χ4n) is 2.08. The molecule has 1 amide bonds. The molecule has 10 heteroatoms. The van der Waals surface area contributed by atoms with Gasteiger partial charge in [-0.05, 0) is 24.3 Å². The van der Waals surface area contributed by atoms with Crippen molar-refractivity contribution in [3.05, 3.63) is 54.7 Å². The number of alkyl halides is 3. The van der Waals surface area contributed by atoms with Gasteiger partial charge in [0.1, 0.15) is 11.6 Å². The van der Waals surface area contributed by atoms with Gasteiger partial charge in [-0.3, -0.25) is 4.79 Å². The van der Waals surface area contributed by atoms with Crippen molar-refractivity contribution >= 4 is 17.7 Å². The number of halogens is 3. The highest BCUT2D eigenvalue weighted by Gasteiger charge is 2.63. The Morgan fingerprint density at radius 1 is 1.07 bits per heavy atom. The maximum absolute atomic E-state index is 13.8. The van der Waals surface area contributed by atoms with E-state index >= 15 is 0 Å². The lowest BCUT2D eigenvalue weighted by atomic mass is 10.1. The van der Waals surface area contributed by atoms with E-state index < -0.39 is 30.3 Å². The Hall–Kier alpha value is -3.30. The first-order chi connectivity index (χ1) is 12.8. The molecule has 1 atom stereocenters. The number of hydrogen-bond acceptors (Lipinski definition) is 6. The molecular weight excluding hydrogens is 367 g/mol. The van der Waals surface area contributed by atoms with E-state index in [0.717, 1.165) is 7.11 Å². The second kappa shape index (κ2) is 8.39. The summed E-state index contributed by atoms with van der Waals surface area (Å²) < 4.78 is 50.7. The molecule has 1 aromatic carbocycles. The third-order valence-electron chi connectivity index (χ3n) is 3.34. The van der Waals surface area contributed by atoms with Crippen LogP contribution in [0.1, 0.15) is 0 Å². The van der Waals surface area contributed by atoms with Crippen LogP contribution in [0.4, 0.5) is 19.0 Å².